The molecule has 0 unspecified atom stereocenters. The molecule has 2 rings (SSSR count). The van der Waals surface area contributed by atoms with Gasteiger partial charge in [-0.1, -0.05) is 22.0 Å². The quantitative estimate of drug-likeness (QED) is 0.881. The molecule has 0 amide bonds. The number of hydrogen-bond acceptors (Lipinski definition) is 3. The van der Waals surface area contributed by atoms with Crippen LogP contribution in [0, 0.1) is 0 Å². The van der Waals surface area contributed by atoms with Gasteiger partial charge in [-0.25, -0.2) is 9.48 Å². The van der Waals surface area contributed by atoms with E-state index in [0.29, 0.717) is 5.69 Å². The summed E-state index contributed by atoms with van der Waals surface area (Å²) in [5, 5.41) is 12.7. The Morgan fingerprint density at radius 2 is 2.19 bits per heavy atom. The lowest BCUT2D eigenvalue weighted by molar-refractivity contribution is 0.0690. The Morgan fingerprint density at radius 1 is 1.44 bits per heavy atom. The molecule has 0 aliphatic heterocycles. The maximum Gasteiger partial charge on any atom is 0.356 e. The average molecular weight is 282 g/mol. The Kier molecular flexibility index (Phi) is 2.66. The van der Waals surface area contributed by atoms with Gasteiger partial charge in [0.1, 0.15) is 5.82 Å². The van der Waals surface area contributed by atoms with Crippen LogP contribution >= 0.6 is 15.9 Å². The van der Waals surface area contributed by atoms with Gasteiger partial charge in [-0.2, -0.15) is 5.10 Å². The lowest BCUT2D eigenvalue weighted by Gasteiger charge is -2.03. The molecule has 0 saturated carbocycles. The number of benzene rings is 1. The molecule has 82 valence electrons. The summed E-state index contributed by atoms with van der Waals surface area (Å²) >= 11 is 3.32. The van der Waals surface area contributed by atoms with Crippen molar-refractivity contribution in [1.29, 1.82) is 0 Å². The Hall–Kier alpha value is -1.82. The molecule has 1 heterocycles. The van der Waals surface area contributed by atoms with Gasteiger partial charge in [0.2, 0.25) is 0 Å². The second-order valence-electron chi connectivity index (χ2n) is 3.15. The van der Waals surface area contributed by atoms with E-state index in [2.05, 4.69) is 21.0 Å². The highest BCUT2D eigenvalue weighted by atomic mass is 79.9. The predicted octanol–water partition coefficient (Wildman–Crippen LogP) is 1.92. The first-order valence-corrected chi connectivity index (χ1v) is 5.22. The van der Waals surface area contributed by atoms with Crippen molar-refractivity contribution in [2.45, 2.75) is 0 Å². The van der Waals surface area contributed by atoms with Crippen LogP contribution in [0.1, 0.15) is 10.5 Å². The highest BCUT2D eigenvalue weighted by Gasteiger charge is 2.12. The van der Waals surface area contributed by atoms with E-state index in [1.165, 1.54) is 10.7 Å². The summed E-state index contributed by atoms with van der Waals surface area (Å²) in [7, 11) is 0. The Morgan fingerprint density at radius 3 is 2.75 bits per heavy atom. The molecular formula is C10H8BrN3O2. The van der Waals surface area contributed by atoms with E-state index in [-0.39, 0.29) is 11.5 Å². The summed E-state index contributed by atoms with van der Waals surface area (Å²) in [5.41, 5.74) is 6.32. The topological polar surface area (TPSA) is 81.1 Å². The molecule has 0 aliphatic carbocycles. The molecule has 6 heteroatoms. The van der Waals surface area contributed by atoms with Gasteiger partial charge in [-0.05, 0) is 18.2 Å². The van der Waals surface area contributed by atoms with Crippen LogP contribution < -0.4 is 5.73 Å². The summed E-state index contributed by atoms with van der Waals surface area (Å²) in [6, 6.07) is 8.60. The van der Waals surface area contributed by atoms with Crippen molar-refractivity contribution in [3.8, 4) is 5.69 Å². The highest BCUT2D eigenvalue weighted by Crippen LogP contribution is 2.18. The van der Waals surface area contributed by atoms with Crippen molar-refractivity contribution in [1.82, 2.24) is 9.78 Å². The number of carboxylic acids is 1. The number of anilines is 1. The van der Waals surface area contributed by atoms with Gasteiger partial charge in [0.25, 0.3) is 0 Å². The smallest absolute Gasteiger partial charge is 0.356 e. The third-order valence-electron chi connectivity index (χ3n) is 2.01. The second-order valence-corrected chi connectivity index (χ2v) is 4.07. The van der Waals surface area contributed by atoms with Crippen molar-refractivity contribution in [2.24, 2.45) is 0 Å². The van der Waals surface area contributed by atoms with Gasteiger partial charge in [-0.15, -0.1) is 0 Å². The van der Waals surface area contributed by atoms with Gasteiger partial charge < -0.3 is 10.8 Å². The minimum Gasteiger partial charge on any atom is -0.476 e. The van der Waals surface area contributed by atoms with E-state index < -0.39 is 5.97 Å². The largest absolute Gasteiger partial charge is 0.476 e. The van der Waals surface area contributed by atoms with Gasteiger partial charge >= 0.3 is 5.97 Å². The molecule has 0 radical (unpaired) electrons. The van der Waals surface area contributed by atoms with Crippen molar-refractivity contribution in [2.75, 3.05) is 5.73 Å². The summed E-state index contributed by atoms with van der Waals surface area (Å²) in [6.07, 6.45) is 0. The third-order valence-corrected chi connectivity index (χ3v) is 2.50. The molecule has 0 saturated heterocycles. The molecule has 0 atom stereocenters. The van der Waals surface area contributed by atoms with Gasteiger partial charge in [0.15, 0.2) is 5.69 Å². The van der Waals surface area contributed by atoms with Crippen molar-refractivity contribution in [3.05, 3.63) is 40.5 Å². The van der Waals surface area contributed by atoms with Crippen LogP contribution in [0.25, 0.3) is 5.69 Å². The number of aromatic carboxylic acids is 1. The third kappa shape index (κ3) is 1.92. The molecule has 3 N–H and O–H groups in total. The number of nitrogens with zero attached hydrogens (tertiary/aromatic N) is 2. The number of halogens is 1. The van der Waals surface area contributed by atoms with Crippen LogP contribution in [-0.4, -0.2) is 20.9 Å². The number of nitrogen functional groups attached to an aromatic ring is 1. The first kappa shape index (κ1) is 10.7. The minimum absolute atomic E-state index is 0.0718. The molecule has 0 fully saturated rings. The number of aromatic nitrogens is 2. The van der Waals surface area contributed by atoms with E-state index in [4.69, 9.17) is 10.8 Å². The molecule has 0 aliphatic rings. The fourth-order valence-electron chi connectivity index (χ4n) is 1.31. The van der Waals surface area contributed by atoms with Crippen LogP contribution in [0.5, 0.6) is 0 Å². The molecule has 5 nitrogen and oxygen atoms in total. The zero-order valence-electron chi connectivity index (χ0n) is 8.09. The number of carboxylic acid groups (broad SMARTS) is 1. The van der Waals surface area contributed by atoms with E-state index >= 15 is 0 Å². The minimum atomic E-state index is -1.10. The maximum absolute atomic E-state index is 10.7. The molecule has 0 spiro atoms. The fraction of sp³-hybridized carbons (Fsp3) is 0. The molecule has 1 aromatic carbocycles. The fourth-order valence-corrected chi connectivity index (χ4v) is 1.70. The summed E-state index contributed by atoms with van der Waals surface area (Å²) in [4.78, 5) is 10.7. The lowest BCUT2D eigenvalue weighted by Crippen LogP contribution is -2.03. The van der Waals surface area contributed by atoms with Crippen LogP contribution in [0.3, 0.4) is 0 Å². The van der Waals surface area contributed by atoms with Crippen LogP contribution in [0.2, 0.25) is 0 Å². The Bertz CT molecular complexity index is 551. The Balaban J connectivity index is 2.52. The number of rotatable bonds is 2. The number of nitrogens with two attached hydrogens (primary N) is 1. The van der Waals surface area contributed by atoms with Crippen LogP contribution in [-0.2, 0) is 0 Å². The highest BCUT2D eigenvalue weighted by molar-refractivity contribution is 9.10. The second kappa shape index (κ2) is 3.97. The van der Waals surface area contributed by atoms with E-state index in [9.17, 15) is 4.79 Å². The van der Waals surface area contributed by atoms with Crippen LogP contribution in [0.4, 0.5) is 5.82 Å². The van der Waals surface area contributed by atoms with E-state index in [1.807, 2.05) is 12.1 Å². The molecule has 16 heavy (non-hydrogen) atoms. The molecular weight excluding hydrogens is 274 g/mol. The van der Waals surface area contributed by atoms with Crippen molar-refractivity contribution in [3.63, 3.8) is 0 Å². The summed E-state index contributed by atoms with van der Waals surface area (Å²) in [5.74, 6) is -0.809. The van der Waals surface area contributed by atoms with E-state index in [0.717, 1.165) is 4.47 Å². The maximum atomic E-state index is 10.7. The SMILES string of the molecule is Nc1cc(C(=O)O)nn1-c1cccc(Br)c1. The van der Waals surface area contributed by atoms with Gasteiger partial charge in [0, 0.05) is 10.5 Å². The first-order valence-electron chi connectivity index (χ1n) is 4.42. The number of hydrogen-bond donors (Lipinski definition) is 2. The van der Waals surface area contributed by atoms with Crippen LogP contribution in [0.15, 0.2) is 34.8 Å². The molecule has 1 aromatic heterocycles. The van der Waals surface area contributed by atoms with Gasteiger partial charge in [-0.3, -0.25) is 0 Å². The van der Waals surface area contributed by atoms with Crippen molar-refractivity contribution < 1.29 is 9.90 Å². The Labute approximate surface area is 99.6 Å². The average Bonchev–Trinajstić information content (AvgIpc) is 2.60. The molecule has 0 bridgehead atoms. The van der Waals surface area contributed by atoms with Crippen molar-refractivity contribution >= 4 is 27.7 Å². The lowest BCUT2D eigenvalue weighted by atomic mass is 10.3. The zero-order chi connectivity index (χ0) is 11.7. The zero-order valence-corrected chi connectivity index (χ0v) is 9.68. The standard InChI is InChI=1S/C10H8BrN3O2/c11-6-2-1-3-7(4-6)14-9(12)5-8(13-14)10(15)16/h1-5H,12H2,(H,15,16). The summed E-state index contributed by atoms with van der Waals surface area (Å²) < 4.78 is 2.26. The first-order chi connectivity index (χ1) is 7.58. The predicted molar refractivity (Wildman–Crippen MR) is 62.6 cm³/mol. The summed E-state index contributed by atoms with van der Waals surface area (Å²) in [6.45, 7) is 0. The van der Waals surface area contributed by atoms with Gasteiger partial charge in [0.05, 0.1) is 5.69 Å². The van der Waals surface area contributed by atoms with E-state index in [1.54, 1.807) is 12.1 Å². The normalized spacial score (nSPS) is 10.3. The molecule has 2 aromatic rings. The number of carbonyl (C=O) groups is 1. The monoisotopic (exact) mass is 281 g/mol.